The molecule has 0 saturated heterocycles. The Morgan fingerprint density at radius 1 is 0.793 bits per heavy atom. The van der Waals surface area contributed by atoms with E-state index < -0.39 is 0 Å². The van der Waals surface area contributed by atoms with Gasteiger partial charge in [0, 0.05) is 0 Å². The molecular weight excluding hydrogens is 423 g/mol. The summed E-state index contributed by atoms with van der Waals surface area (Å²) in [7, 11) is 1.41. The first-order chi connectivity index (χ1) is 14.3. The van der Waals surface area contributed by atoms with E-state index in [0.717, 1.165) is 34.0 Å². The van der Waals surface area contributed by atoms with Crippen LogP contribution in [0.25, 0.3) is 5.57 Å². The number of carbonyl (C=O) groups excluding carboxylic acids is 1. The van der Waals surface area contributed by atoms with Gasteiger partial charge >= 0.3 is 179 Å². The van der Waals surface area contributed by atoms with E-state index in [0.29, 0.717) is 15.0 Å². The molecule has 29 heavy (non-hydrogen) atoms. The van der Waals surface area contributed by atoms with Gasteiger partial charge in [0.2, 0.25) is 0 Å². The first-order valence-electron chi connectivity index (χ1n) is 9.56. The molecule has 0 fully saturated rings. The summed E-state index contributed by atoms with van der Waals surface area (Å²) in [6.45, 7) is 0. The van der Waals surface area contributed by atoms with E-state index >= 15 is 0 Å². The number of esters is 1. The van der Waals surface area contributed by atoms with E-state index in [4.69, 9.17) is 4.74 Å². The molecule has 0 unspecified atom stereocenters. The van der Waals surface area contributed by atoms with Crippen LogP contribution < -0.4 is 4.46 Å². The van der Waals surface area contributed by atoms with Gasteiger partial charge in [-0.15, -0.1) is 0 Å². The van der Waals surface area contributed by atoms with E-state index in [1.165, 1.54) is 17.6 Å². The van der Waals surface area contributed by atoms with Crippen molar-refractivity contribution in [3.8, 4) is 0 Å². The Hall–Kier alpha value is -2.87. The van der Waals surface area contributed by atoms with Crippen LogP contribution in [0.4, 0.5) is 0 Å². The van der Waals surface area contributed by atoms with Crippen LogP contribution in [0, 0.1) is 0 Å². The van der Waals surface area contributed by atoms with Crippen molar-refractivity contribution in [3.63, 3.8) is 0 Å². The third kappa shape index (κ3) is 6.32. The second-order valence-electron chi connectivity index (χ2n) is 6.40. The molecule has 0 atom stereocenters. The van der Waals surface area contributed by atoms with Gasteiger partial charge in [-0.2, -0.15) is 0 Å². The molecule has 0 heterocycles. The summed E-state index contributed by atoms with van der Waals surface area (Å²) in [5.74, 6) is -0.337. The molecule has 0 radical (unpaired) electrons. The maximum absolute atomic E-state index is 11.8. The van der Waals surface area contributed by atoms with Gasteiger partial charge in [-0.1, -0.05) is 0 Å². The van der Waals surface area contributed by atoms with Crippen molar-refractivity contribution in [2.24, 2.45) is 0 Å². The quantitative estimate of drug-likeness (QED) is 0.209. The van der Waals surface area contributed by atoms with Gasteiger partial charge in [0.05, 0.1) is 0 Å². The van der Waals surface area contributed by atoms with Crippen molar-refractivity contribution >= 4 is 31.0 Å². The van der Waals surface area contributed by atoms with Gasteiger partial charge < -0.3 is 0 Å². The first kappa shape index (κ1) is 20.9. The SMILES string of the molecule is COC(=O)/C=C/C(CC[Se]c1ccccc1)=C(c1ccccc1)c1ccccc1. The Labute approximate surface area is 179 Å². The molecule has 3 aromatic rings. The van der Waals surface area contributed by atoms with Gasteiger partial charge in [0.1, 0.15) is 0 Å². The molecule has 0 N–H and O–H groups in total. The normalized spacial score (nSPS) is 10.7. The molecule has 146 valence electrons. The summed E-state index contributed by atoms with van der Waals surface area (Å²) >= 11 is 0.379. The second-order valence-corrected chi connectivity index (χ2v) is 8.85. The van der Waals surface area contributed by atoms with Gasteiger partial charge in [-0.25, -0.2) is 0 Å². The number of hydrogen-bond acceptors (Lipinski definition) is 2. The number of allylic oxidation sites excluding steroid dienone is 2. The molecule has 0 amide bonds. The van der Waals surface area contributed by atoms with Crippen LogP contribution in [-0.4, -0.2) is 28.0 Å². The number of carbonyl (C=O) groups is 1. The number of hydrogen-bond donors (Lipinski definition) is 0. The van der Waals surface area contributed by atoms with Crippen LogP contribution in [0.3, 0.4) is 0 Å². The van der Waals surface area contributed by atoms with E-state index in [1.54, 1.807) is 0 Å². The van der Waals surface area contributed by atoms with E-state index in [1.807, 2.05) is 48.5 Å². The van der Waals surface area contributed by atoms with Crippen molar-refractivity contribution in [1.82, 2.24) is 0 Å². The number of rotatable bonds is 8. The Balaban J connectivity index is 1.99. The van der Waals surface area contributed by atoms with Crippen molar-refractivity contribution in [2.45, 2.75) is 11.7 Å². The summed E-state index contributed by atoms with van der Waals surface area (Å²) in [5, 5.41) is 1.06. The van der Waals surface area contributed by atoms with Crippen molar-refractivity contribution in [1.29, 1.82) is 0 Å². The van der Waals surface area contributed by atoms with Crippen LogP contribution in [-0.2, 0) is 9.53 Å². The van der Waals surface area contributed by atoms with Crippen molar-refractivity contribution in [3.05, 3.63) is 120 Å². The average Bonchev–Trinajstić information content (AvgIpc) is 2.79. The number of methoxy groups -OCH3 is 1. The number of ether oxygens (including phenoxy) is 1. The Morgan fingerprint density at radius 2 is 1.31 bits per heavy atom. The zero-order valence-electron chi connectivity index (χ0n) is 16.5. The average molecular weight is 447 g/mol. The molecule has 0 saturated carbocycles. The van der Waals surface area contributed by atoms with E-state index in [-0.39, 0.29) is 5.97 Å². The second kappa shape index (κ2) is 11.2. The zero-order valence-corrected chi connectivity index (χ0v) is 18.2. The predicted molar refractivity (Wildman–Crippen MR) is 121 cm³/mol. The fourth-order valence-electron chi connectivity index (χ4n) is 3.07. The van der Waals surface area contributed by atoms with Crippen molar-refractivity contribution < 1.29 is 9.53 Å². The van der Waals surface area contributed by atoms with Gasteiger partial charge in [-0.05, 0) is 0 Å². The van der Waals surface area contributed by atoms with Crippen LogP contribution in [0.1, 0.15) is 17.5 Å². The van der Waals surface area contributed by atoms with Gasteiger partial charge in [0.15, 0.2) is 0 Å². The Bertz CT molecular complexity index is 920. The number of benzene rings is 3. The minimum absolute atomic E-state index is 0.337. The van der Waals surface area contributed by atoms with E-state index in [2.05, 4.69) is 48.5 Å². The summed E-state index contributed by atoms with van der Waals surface area (Å²) < 4.78 is 6.21. The summed E-state index contributed by atoms with van der Waals surface area (Å²) in [6, 6.07) is 31.3. The predicted octanol–water partition coefficient (Wildman–Crippen LogP) is 5.06. The molecule has 0 aliphatic rings. The van der Waals surface area contributed by atoms with Gasteiger partial charge in [-0.3, -0.25) is 0 Å². The molecule has 0 aliphatic carbocycles. The molecule has 0 aromatic heterocycles. The molecular formula is C26H24O2Se. The maximum atomic E-state index is 11.8. The Kier molecular flexibility index (Phi) is 8.06. The first-order valence-corrected chi connectivity index (χ1v) is 11.6. The fourth-order valence-corrected chi connectivity index (χ4v) is 4.97. The summed E-state index contributed by atoms with van der Waals surface area (Å²) in [4.78, 5) is 11.8. The Morgan fingerprint density at radius 3 is 1.83 bits per heavy atom. The summed E-state index contributed by atoms with van der Waals surface area (Å²) in [5.41, 5.74) is 4.60. The fraction of sp³-hybridized carbons (Fsp3) is 0.115. The molecule has 0 aliphatic heterocycles. The van der Waals surface area contributed by atoms with Crippen LogP contribution in [0.5, 0.6) is 0 Å². The van der Waals surface area contributed by atoms with Gasteiger partial charge in [0.25, 0.3) is 0 Å². The third-order valence-electron chi connectivity index (χ3n) is 4.45. The van der Waals surface area contributed by atoms with Crippen LogP contribution in [0.15, 0.2) is 109 Å². The zero-order chi connectivity index (χ0) is 20.3. The molecule has 2 nitrogen and oxygen atoms in total. The molecule has 3 aromatic carbocycles. The van der Waals surface area contributed by atoms with Crippen LogP contribution in [0.2, 0.25) is 5.32 Å². The topological polar surface area (TPSA) is 26.3 Å². The van der Waals surface area contributed by atoms with Crippen LogP contribution >= 0.6 is 0 Å². The van der Waals surface area contributed by atoms with Crippen molar-refractivity contribution in [2.75, 3.05) is 7.11 Å². The standard InChI is InChI=1S/C26H24O2Se/c1-28-25(27)18-17-23(19-20-29-24-15-9-4-10-16-24)26(21-11-5-2-6-12-21)22-13-7-3-8-14-22/h2-18H,19-20H2,1H3/b18-17+. The third-order valence-corrected chi connectivity index (χ3v) is 6.58. The van der Waals surface area contributed by atoms with E-state index in [9.17, 15) is 4.79 Å². The minimum atomic E-state index is -0.337. The summed E-state index contributed by atoms with van der Waals surface area (Å²) in [6.07, 6.45) is 4.33. The monoisotopic (exact) mass is 448 g/mol. The molecule has 0 bridgehead atoms. The molecule has 3 heteroatoms. The molecule has 3 rings (SSSR count). The molecule has 0 spiro atoms.